The number of amides is 1. The van der Waals surface area contributed by atoms with Gasteiger partial charge in [0.05, 0.1) is 11.5 Å². The fourth-order valence-electron chi connectivity index (χ4n) is 1.68. The van der Waals surface area contributed by atoms with Crippen LogP contribution in [0.25, 0.3) is 0 Å². The Morgan fingerprint density at radius 1 is 1.42 bits per heavy atom. The molecular weight excluding hydrogens is 238 g/mol. The van der Waals surface area contributed by atoms with Crippen molar-refractivity contribution in [2.45, 2.75) is 32.6 Å². The zero-order valence-corrected chi connectivity index (χ0v) is 11.7. The average Bonchev–Trinajstić information content (AvgIpc) is 2.39. The molecule has 4 nitrogen and oxygen atoms in total. The van der Waals surface area contributed by atoms with E-state index in [1.807, 2.05) is 45.0 Å². The third kappa shape index (κ3) is 4.08. The first-order valence-corrected chi connectivity index (χ1v) is 6.43. The number of nitrogens with zero attached hydrogens (tertiary/aromatic N) is 1. The van der Waals surface area contributed by atoms with E-state index < -0.39 is 5.41 Å². The first kappa shape index (κ1) is 15.2. The topological polar surface area (TPSA) is 78.9 Å². The molecule has 0 aliphatic rings. The SMILES string of the molecule is CC(CCN)C(=O)Nc1ccc(C(C)(C)C#N)cc1. The summed E-state index contributed by atoms with van der Waals surface area (Å²) in [5, 5.41) is 11.9. The molecule has 1 unspecified atom stereocenters. The number of carbonyl (C=O) groups excluding carboxylic acids is 1. The number of benzene rings is 1. The number of nitrogens with two attached hydrogens (primary N) is 1. The largest absolute Gasteiger partial charge is 0.330 e. The molecule has 1 aromatic rings. The Morgan fingerprint density at radius 3 is 2.47 bits per heavy atom. The highest BCUT2D eigenvalue weighted by atomic mass is 16.1. The van der Waals surface area contributed by atoms with E-state index in [1.165, 1.54) is 0 Å². The van der Waals surface area contributed by atoms with Crippen molar-refractivity contribution < 1.29 is 4.79 Å². The molecule has 0 aromatic heterocycles. The Hall–Kier alpha value is -1.86. The summed E-state index contributed by atoms with van der Waals surface area (Å²) in [6.07, 6.45) is 0.672. The van der Waals surface area contributed by atoms with E-state index in [4.69, 9.17) is 11.0 Å². The van der Waals surface area contributed by atoms with Gasteiger partial charge in [0.2, 0.25) is 5.91 Å². The third-order valence-electron chi connectivity index (χ3n) is 3.20. The van der Waals surface area contributed by atoms with Crippen molar-refractivity contribution in [1.29, 1.82) is 5.26 Å². The summed E-state index contributed by atoms with van der Waals surface area (Å²) in [5.74, 6) is -0.127. The van der Waals surface area contributed by atoms with Crippen LogP contribution in [0.5, 0.6) is 0 Å². The molecule has 0 saturated heterocycles. The van der Waals surface area contributed by atoms with Crippen molar-refractivity contribution >= 4 is 11.6 Å². The van der Waals surface area contributed by atoms with Gasteiger partial charge in [-0.25, -0.2) is 0 Å². The summed E-state index contributed by atoms with van der Waals surface area (Å²) in [6.45, 7) is 6.09. The second-order valence-electron chi connectivity index (χ2n) is 5.28. The van der Waals surface area contributed by atoms with Crippen LogP contribution in [0, 0.1) is 17.2 Å². The van der Waals surface area contributed by atoms with Gasteiger partial charge in [0.25, 0.3) is 0 Å². The first-order valence-electron chi connectivity index (χ1n) is 6.43. The van der Waals surface area contributed by atoms with Crippen LogP contribution >= 0.6 is 0 Å². The van der Waals surface area contributed by atoms with E-state index in [0.717, 1.165) is 11.3 Å². The lowest BCUT2D eigenvalue weighted by Crippen LogP contribution is -2.22. The smallest absolute Gasteiger partial charge is 0.227 e. The Morgan fingerprint density at radius 2 is 2.00 bits per heavy atom. The maximum Gasteiger partial charge on any atom is 0.227 e. The van der Waals surface area contributed by atoms with Gasteiger partial charge in [-0.05, 0) is 44.5 Å². The van der Waals surface area contributed by atoms with Crippen LogP contribution < -0.4 is 11.1 Å². The van der Waals surface area contributed by atoms with Crippen LogP contribution in [-0.4, -0.2) is 12.5 Å². The molecule has 1 amide bonds. The quantitative estimate of drug-likeness (QED) is 0.852. The summed E-state index contributed by atoms with van der Waals surface area (Å²) < 4.78 is 0. The molecule has 4 heteroatoms. The van der Waals surface area contributed by atoms with Gasteiger partial charge in [-0.15, -0.1) is 0 Å². The molecule has 0 spiro atoms. The minimum Gasteiger partial charge on any atom is -0.330 e. The number of nitrogens with one attached hydrogen (secondary N) is 1. The van der Waals surface area contributed by atoms with Gasteiger partial charge in [-0.1, -0.05) is 19.1 Å². The van der Waals surface area contributed by atoms with Crippen LogP contribution in [0.3, 0.4) is 0 Å². The van der Waals surface area contributed by atoms with Crippen LogP contribution in [0.4, 0.5) is 5.69 Å². The second kappa shape index (κ2) is 6.35. The van der Waals surface area contributed by atoms with E-state index in [0.29, 0.717) is 13.0 Å². The van der Waals surface area contributed by atoms with E-state index in [-0.39, 0.29) is 11.8 Å². The molecule has 0 aliphatic heterocycles. The average molecular weight is 259 g/mol. The van der Waals surface area contributed by atoms with E-state index in [9.17, 15) is 4.79 Å². The highest BCUT2D eigenvalue weighted by Crippen LogP contribution is 2.23. The Bertz CT molecular complexity index is 471. The van der Waals surface area contributed by atoms with E-state index in [1.54, 1.807) is 0 Å². The number of anilines is 1. The fourth-order valence-corrected chi connectivity index (χ4v) is 1.68. The van der Waals surface area contributed by atoms with Crippen LogP contribution in [0.1, 0.15) is 32.8 Å². The Kier molecular flexibility index (Phi) is 5.08. The molecule has 0 fully saturated rings. The summed E-state index contributed by atoms with van der Waals surface area (Å²) in [7, 11) is 0. The number of carbonyl (C=O) groups is 1. The molecule has 1 rings (SSSR count). The van der Waals surface area contributed by atoms with Crippen molar-refractivity contribution in [1.82, 2.24) is 0 Å². The van der Waals surface area contributed by atoms with Crippen molar-refractivity contribution in [2.75, 3.05) is 11.9 Å². The van der Waals surface area contributed by atoms with Crippen molar-refractivity contribution in [3.63, 3.8) is 0 Å². The highest BCUT2D eigenvalue weighted by molar-refractivity contribution is 5.92. The maximum atomic E-state index is 11.8. The molecule has 102 valence electrons. The highest BCUT2D eigenvalue weighted by Gasteiger charge is 2.19. The van der Waals surface area contributed by atoms with E-state index in [2.05, 4.69) is 11.4 Å². The lowest BCUT2D eigenvalue weighted by Gasteiger charge is -2.16. The van der Waals surface area contributed by atoms with Gasteiger partial charge < -0.3 is 11.1 Å². The van der Waals surface area contributed by atoms with Gasteiger partial charge in [-0.3, -0.25) is 4.79 Å². The second-order valence-corrected chi connectivity index (χ2v) is 5.28. The van der Waals surface area contributed by atoms with Crippen LogP contribution in [0.2, 0.25) is 0 Å². The fraction of sp³-hybridized carbons (Fsp3) is 0.467. The van der Waals surface area contributed by atoms with Gasteiger partial charge in [0.1, 0.15) is 0 Å². The monoisotopic (exact) mass is 259 g/mol. The number of nitriles is 1. The van der Waals surface area contributed by atoms with E-state index >= 15 is 0 Å². The predicted octanol–water partition coefficient (Wildman–Crippen LogP) is 2.41. The van der Waals surface area contributed by atoms with Gasteiger partial charge in [0, 0.05) is 11.6 Å². The van der Waals surface area contributed by atoms with Crippen molar-refractivity contribution in [2.24, 2.45) is 11.7 Å². The molecule has 0 heterocycles. The molecular formula is C15H21N3O. The molecule has 19 heavy (non-hydrogen) atoms. The molecule has 0 saturated carbocycles. The molecule has 0 radical (unpaired) electrons. The van der Waals surface area contributed by atoms with Gasteiger partial charge in [0.15, 0.2) is 0 Å². The lowest BCUT2D eigenvalue weighted by atomic mass is 9.86. The lowest BCUT2D eigenvalue weighted by molar-refractivity contribution is -0.119. The molecule has 1 aromatic carbocycles. The zero-order valence-electron chi connectivity index (χ0n) is 11.7. The summed E-state index contributed by atoms with van der Waals surface area (Å²) in [5.41, 5.74) is 6.59. The molecule has 0 aliphatic carbocycles. The van der Waals surface area contributed by atoms with Crippen molar-refractivity contribution in [3.05, 3.63) is 29.8 Å². The normalized spacial score (nSPS) is 12.6. The minimum atomic E-state index is -0.518. The zero-order chi connectivity index (χ0) is 14.5. The van der Waals surface area contributed by atoms with Gasteiger partial charge in [-0.2, -0.15) is 5.26 Å². The summed E-state index contributed by atoms with van der Waals surface area (Å²) >= 11 is 0. The first-order chi connectivity index (χ1) is 8.90. The van der Waals surface area contributed by atoms with Crippen molar-refractivity contribution in [3.8, 4) is 6.07 Å². The van der Waals surface area contributed by atoms with Gasteiger partial charge >= 0.3 is 0 Å². The molecule has 1 atom stereocenters. The standard InChI is InChI=1S/C15H21N3O/c1-11(8-9-16)14(19)18-13-6-4-12(5-7-13)15(2,3)10-17/h4-7,11H,8-9,16H2,1-3H3,(H,18,19). The Balaban J connectivity index is 2.73. The van der Waals surface area contributed by atoms with Crippen LogP contribution in [0.15, 0.2) is 24.3 Å². The third-order valence-corrected chi connectivity index (χ3v) is 3.20. The molecule has 0 bridgehead atoms. The summed E-state index contributed by atoms with van der Waals surface area (Å²) in [4.78, 5) is 11.8. The minimum absolute atomic E-state index is 0.0299. The maximum absolute atomic E-state index is 11.8. The number of hydrogen-bond donors (Lipinski definition) is 2. The number of rotatable bonds is 5. The predicted molar refractivity (Wildman–Crippen MR) is 76.5 cm³/mol. The molecule has 3 N–H and O–H groups in total. The van der Waals surface area contributed by atoms with Crippen LogP contribution in [-0.2, 0) is 10.2 Å². The number of hydrogen-bond acceptors (Lipinski definition) is 3. The summed E-state index contributed by atoms with van der Waals surface area (Å²) in [6, 6.07) is 9.63. The Labute approximate surface area is 114 Å².